The Balaban J connectivity index is 1.30. The third-order valence-corrected chi connectivity index (χ3v) is 6.75. The van der Waals surface area contributed by atoms with Crippen molar-refractivity contribution in [3.8, 4) is 5.82 Å². The first-order valence-electron chi connectivity index (χ1n) is 13.4. The minimum atomic E-state index is -4.54. The molecule has 2 aromatic heterocycles. The molecule has 0 radical (unpaired) electrons. The van der Waals surface area contributed by atoms with E-state index >= 15 is 0 Å². The van der Waals surface area contributed by atoms with Crippen LogP contribution in [0.15, 0.2) is 60.9 Å². The molecule has 1 fully saturated rings. The van der Waals surface area contributed by atoms with Crippen molar-refractivity contribution >= 4 is 28.9 Å². The minimum absolute atomic E-state index is 0.0910. The molecule has 42 heavy (non-hydrogen) atoms. The highest BCUT2D eigenvalue weighted by Crippen LogP contribution is 2.30. The van der Waals surface area contributed by atoms with Gasteiger partial charge in [0.15, 0.2) is 5.82 Å². The first kappa shape index (κ1) is 29.0. The fourth-order valence-electron chi connectivity index (χ4n) is 4.50. The lowest BCUT2D eigenvalue weighted by Crippen LogP contribution is -2.39. The van der Waals surface area contributed by atoms with Crippen LogP contribution in [0, 0.1) is 13.8 Å². The first-order valence-corrected chi connectivity index (χ1v) is 13.4. The summed E-state index contributed by atoms with van der Waals surface area (Å²) in [5, 5.41) is 14.0. The van der Waals surface area contributed by atoms with E-state index in [9.17, 15) is 18.0 Å². The van der Waals surface area contributed by atoms with Gasteiger partial charge in [0.25, 0.3) is 5.91 Å². The van der Waals surface area contributed by atoms with Crippen LogP contribution >= 0.6 is 0 Å². The van der Waals surface area contributed by atoms with Gasteiger partial charge in [-0.2, -0.15) is 23.0 Å². The highest BCUT2D eigenvalue weighted by atomic mass is 19.4. The Labute approximate surface area is 240 Å². The molecule has 2 aromatic carbocycles. The lowest BCUT2D eigenvalue weighted by atomic mass is 10.1. The largest absolute Gasteiger partial charge is 0.416 e. The summed E-state index contributed by atoms with van der Waals surface area (Å²) < 4.78 is 46.4. The molecule has 1 aliphatic heterocycles. The molecule has 5 rings (SSSR count). The van der Waals surface area contributed by atoms with E-state index in [2.05, 4.69) is 35.9 Å². The van der Waals surface area contributed by atoms with E-state index in [1.807, 2.05) is 26.0 Å². The van der Waals surface area contributed by atoms with Crippen molar-refractivity contribution in [2.45, 2.75) is 20.0 Å². The molecule has 10 nitrogen and oxygen atoms in total. The van der Waals surface area contributed by atoms with Crippen LogP contribution in [0.25, 0.3) is 5.82 Å². The zero-order valence-corrected chi connectivity index (χ0v) is 23.2. The van der Waals surface area contributed by atoms with Crippen LogP contribution in [0.2, 0.25) is 0 Å². The summed E-state index contributed by atoms with van der Waals surface area (Å²) in [7, 11) is 0. The van der Waals surface area contributed by atoms with Gasteiger partial charge in [-0.15, -0.1) is 0 Å². The summed E-state index contributed by atoms with van der Waals surface area (Å²) in [4.78, 5) is 23.8. The minimum Gasteiger partial charge on any atom is -0.379 e. The van der Waals surface area contributed by atoms with Gasteiger partial charge in [0.1, 0.15) is 18.0 Å². The second-order valence-electron chi connectivity index (χ2n) is 9.91. The number of aromatic nitrogens is 4. The lowest BCUT2D eigenvalue weighted by molar-refractivity contribution is -0.137. The van der Waals surface area contributed by atoms with Gasteiger partial charge in [-0.05, 0) is 49.7 Å². The molecule has 0 unspecified atom stereocenters. The quantitative estimate of drug-likeness (QED) is 0.253. The average molecular weight is 581 g/mol. The molecule has 1 saturated heterocycles. The number of morpholine rings is 1. The number of hydrogen-bond donors (Lipinski definition) is 3. The number of benzene rings is 2. The topological polar surface area (TPSA) is 109 Å². The summed E-state index contributed by atoms with van der Waals surface area (Å²) in [6.07, 6.45) is -3.07. The molecule has 4 aromatic rings. The summed E-state index contributed by atoms with van der Waals surface area (Å²) in [5.74, 6) is 1.21. The Kier molecular flexibility index (Phi) is 8.69. The molecule has 220 valence electrons. The zero-order chi connectivity index (χ0) is 29.7. The normalized spacial score (nSPS) is 14.0. The lowest BCUT2D eigenvalue weighted by Gasteiger charge is -2.26. The number of anilines is 4. The molecule has 1 amide bonds. The molecule has 0 atom stereocenters. The van der Waals surface area contributed by atoms with Gasteiger partial charge in [-0.1, -0.05) is 12.1 Å². The van der Waals surface area contributed by atoms with Crippen LogP contribution in [0.4, 0.5) is 36.2 Å². The van der Waals surface area contributed by atoms with Gasteiger partial charge in [0, 0.05) is 55.2 Å². The maximum atomic E-state index is 13.1. The van der Waals surface area contributed by atoms with Crippen molar-refractivity contribution in [1.82, 2.24) is 24.6 Å². The number of hydrogen-bond acceptors (Lipinski definition) is 8. The number of nitrogens with one attached hydrogen (secondary N) is 3. The Morgan fingerprint density at radius 2 is 1.83 bits per heavy atom. The van der Waals surface area contributed by atoms with E-state index in [0.29, 0.717) is 28.8 Å². The first-order chi connectivity index (χ1) is 20.2. The Bertz CT molecular complexity index is 1550. The zero-order valence-electron chi connectivity index (χ0n) is 23.2. The van der Waals surface area contributed by atoms with Crippen LogP contribution in [0.5, 0.6) is 0 Å². The van der Waals surface area contributed by atoms with Crippen LogP contribution in [0.1, 0.15) is 27.2 Å². The Morgan fingerprint density at radius 1 is 1.02 bits per heavy atom. The van der Waals surface area contributed by atoms with Gasteiger partial charge in [-0.25, -0.2) is 9.97 Å². The van der Waals surface area contributed by atoms with Crippen molar-refractivity contribution in [2.75, 3.05) is 55.3 Å². The summed E-state index contributed by atoms with van der Waals surface area (Å²) >= 11 is 0. The van der Waals surface area contributed by atoms with Crippen molar-refractivity contribution in [3.63, 3.8) is 0 Å². The third kappa shape index (κ3) is 7.22. The van der Waals surface area contributed by atoms with Gasteiger partial charge >= 0.3 is 6.18 Å². The highest BCUT2D eigenvalue weighted by molar-refractivity contribution is 6.04. The number of rotatable bonds is 9. The SMILES string of the molecule is Cc1cc(Nc2cc(NC(=O)c3cccc(C(F)(F)F)c3)ccc2C)n(-c2cc(NCCN3CCOCC3)ncn2)n1. The average Bonchev–Trinajstić information content (AvgIpc) is 3.35. The van der Waals surface area contributed by atoms with E-state index < -0.39 is 17.6 Å². The number of nitrogens with zero attached hydrogens (tertiary/aromatic N) is 5. The molecule has 3 N–H and O–H groups in total. The van der Waals surface area contributed by atoms with Crippen LogP contribution in [0.3, 0.4) is 0 Å². The molecule has 0 saturated carbocycles. The predicted octanol–water partition coefficient (Wildman–Crippen LogP) is 5.04. The van der Waals surface area contributed by atoms with Crippen molar-refractivity contribution < 1.29 is 22.7 Å². The number of carbonyl (C=O) groups excluding carboxylic acids is 1. The second kappa shape index (κ2) is 12.6. The number of carbonyl (C=O) groups is 1. The molecule has 3 heterocycles. The molecule has 0 spiro atoms. The van der Waals surface area contributed by atoms with Gasteiger partial charge in [0.05, 0.1) is 24.5 Å². The maximum absolute atomic E-state index is 13.1. The standard InChI is InChI=1S/C29H31F3N8O2/c1-19-6-7-23(36-28(41)21-4-3-5-22(15-21)29(30,31)32)16-24(19)37-27-14-20(2)38-40(27)26-17-25(34-18-35-26)33-8-9-39-10-12-42-13-11-39/h3-7,14-18,37H,8-13H2,1-2H3,(H,36,41)(H,33,34,35). The number of aryl methyl sites for hydroxylation is 2. The van der Waals surface area contributed by atoms with Crippen LogP contribution in [-0.4, -0.2) is 69.9 Å². The highest BCUT2D eigenvalue weighted by Gasteiger charge is 2.31. The van der Waals surface area contributed by atoms with E-state index in [1.54, 1.807) is 22.9 Å². The number of halogens is 3. The van der Waals surface area contributed by atoms with Crippen molar-refractivity contribution in [2.24, 2.45) is 0 Å². The van der Waals surface area contributed by atoms with E-state index in [4.69, 9.17) is 4.74 Å². The summed E-state index contributed by atoms with van der Waals surface area (Å²) in [6, 6.07) is 13.2. The monoisotopic (exact) mass is 580 g/mol. The van der Waals surface area contributed by atoms with Crippen molar-refractivity contribution in [1.29, 1.82) is 0 Å². The number of amides is 1. The number of alkyl halides is 3. The maximum Gasteiger partial charge on any atom is 0.416 e. The van der Waals surface area contributed by atoms with E-state index in [0.717, 1.165) is 62.8 Å². The van der Waals surface area contributed by atoms with Crippen LogP contribution in [-0.2, 0) is 10.9 Å². The van der Waals surface area contributed by atoms with E-state index in [-0.39, 0.29) is 5.56 Å². The fourth-order valence-corrected chi connectivity index (χ4v) is 4.50. The molecule has 1 aliphatic rings. The van der Waals surface area contributed by atoms with Crippen molar-refractivity contribution in [3.05, 3.63) is 83.3 Å². The predicted molar refractivity (Wildman–Crippen MR) is 153 cm³/mol. The Hall–Kier alpha value is -4.49. The third-order valence-electron chi connectivity index (χ3n) is 6.75. The van der Waals surface area contributed by atoms with E-state index in [1.165, 1.54) is 18.5 Å². The Morgan fingerprint density at radius 3 is 2.62 bits per heavy atom. The van der Waals surface area contributed by atoms with Gasteiger partial charge in [0.2, 0.25) is 0 Å². The molecule has 13 heteroatoms. The fraction of sp³-hybridized carbons (Fsp3) is 0.310. The summed E-state index contributed by atoms with van der Waals surface area (Å²) in [6.45, 7) is 8.67. The smallest absolute Gasteiger partial charge is 0.379 e. The second-order valence-corrected chi connectivity index (χ2v) is 9.91. The van der Waals surface area contributed by atoms with Crippen LogP contribution < -0.4 is 16.0 Å². The summed E-state index contributed by atoms with van der Waals surface area (Å²) in [5.41, 5.74) is 1.75. The van der Waals surface area contributed by atoms with Gasteiger partial charge in [-0.3, -0.25) is 9.69 Å². The molecule has 0 bridgehead atoms. The molecular weight excluding hydrogens is 549 g/mol. The molecule has 0 aliphatic carbocycles. The van der Waals surface area contributed by atoms with Gasteiger partial charge < -0.3 is 20.7 Å². The molecular formula is C29H31F3N8O2. The number of ether oxygens (including phenoxy) is 1.